The monoisotopic (exact) mass is 462 g/mol. The topological polar surface area (TPSA) is 123 Å². The van der Waals surface area contributed by atoms with Crippen molar-refractivity contribution in [3.8, 4) is 11.5 Å². The molecule has 2 aromatic rings. The Hall–Kier alpha value is -3.10. The average Bonchev–Trinajstić information content (AvgIpc) is 2.76. The predicted octanol–water partition coefficient (Wildman–Crippen LogP) is 3.72. The van der Waals surface area contributed by atoms with Crippen LogP contribution in [0.3, 0.4) is 0 Å². The quantitative estimate of drug-likeness (QED) is 0.432. The third-order valence-electron chi connectivity index (χ3n) is 4.34. The molecule has 0 aromatic heterocycles. The highest BCUT2D eigenvalue weighted by atomic mass is 16.6. The summed E-state index contributed by atoms with van der Waals surface area (Å²) in [6.07, 6.45) is -0.815. The van der Waals surface area contributed by atoms with Gasteiger partial charge in [-0.3, -0.25) is 0 Å². The number of hydrogen-bond donors (Lipinski definition) is 3. The van der Waals surface area contributed by atoms with Crippen LogP contribution in [-0.4, -0.2) is 58.8 Å². The van der Waals surface area contributed by atoms with Gasteiger partial charge < -0.3 is 29.5 Å². The number of carbonyl (C=O) groups excluding carboxylic acids is 1. The van der Waals surface area contributed by atoms with Crippen molar-refractivity contribution in [3.63, 3.8) is 0 Å². The highest BCUT2D eigenvalue weighted by Crippen LogP contribution is 2.14. The van der Waals surface area contributed by atoms with Crippen molar-refractivity contribution in [1.82, 2.24) is 0 Å². The van der Waals surface area contributed by atoms with Gasteiger partial charge in [-0.05, 0) is 63.1 Å². The summed E-state index contributed by atoms with van der Waals surface area (Å²) in [6.45, 7) is 8.03. The van der Waals surface area contributed by atoms with Gasteiger partial charge >= 0.3 is 11.9 Å². The fourth-order valence-electron chi connectivity index (χ4n) is 2.83. The Morgan fingerprint density at radius 3 is 1.52 bits per heavy atom. The predicted molar refractivity (Wildman–Crippen MR) is 123 cm³/mol. The number of phenolic OH excluding ortho intramolecular Hbond substituents is 2. The SMILES string of the molecule is CCO[C@@H](Cc1ccc(O)cc1)C(=O)O.CCO[C@H](Cc1ccc(O)cc1)C(=O)OC(C)C. The van der Waals surface area contributed by atoms with Crippen molar-refractivity contribution < 1.29 is 39.1 Å². The summed E-state index contributed by atoms with van der Waals surface area (Å²) >= 11 is 0. The summed E-state index contributed by atoms with van der Waals surface area (Å²) < 4.78 is 15.6. The van der Waals surface area contributed by atoms with E-state index in [2.05, 4.69) is 0 Å². The minimum Gasteiger partial charge on any atom is -0.508 e. The van der Waals surface area contributed by atoms with Crippen LogP contribution in [0.15, 0.2) is 48.5 Å². The Morgan fingerprint density at radius 2 is 1.15 bits per heavy atom. The number of aromatic hydroxyl groups is 2. The van der Waals surface area contributed by atoms with Crippen LogP contribution < -0.4 is 0 Å². The minimum atomic E-state index is -0.968. The summed E-state index contributed by atoms with van der Waals surface area (Å²) in [5.41, 5.74) is 1.75. The number of carboxylic acids is 1. The van der Waals surface area contributed by atoms with Gasteiger partial charge in [-0.1, -0.05) is 24.3 Å². The molecule has 2 atom stereocenters. The first-order valence-corrected chi connectivity index (χ1v) is 10.9. The average molecular weight is 463 g/mol. The zero-order valence-electron chi connectivity index (χ0n) is 19.6. The third kappa shape index (κ3) is 11.4. The fourth-order valence-corrected chi connectivity index (χ4v) is 2.83. The summed E-state index contributed by atoms with van der Waals surface area (Å²) in [5, 5.41) is 27.1. The maximum absolute atomic E-state index is 11.8. The van der Waals surface area contributed by atoms with Crippen molar-refractivity contribution in [1.29, 1.82) is 0 Å². The van der Waals surface area contributed by atoms with Gasteiger partial charge in [-0.25, -0.2) is 9.59 Å². The van der Waals surface area contributed by atoms with Crippen molar-refractivity contribution in [2.24, 2.45) is 0 Å². The number of aliphatic carboxylic acids is 1. The first-order chi connectivity index (χ1) is 15.7. The van der Waals surface area contributed by atoms with E-state index in [1.54, 1.807) is 43.3 Å². The Kier molecular flexibility index (Phi) is 12.6. The van der Waals surface area contributed by atoms with Gasteiger partial charge in [0.05, 0.1) is 6.10 Å². The molecule has 0 unspecified atom stereocenters. The van der Waals surface area contributed by atoms with Gasteiger partial charge in [-0.2, -0.15) is 0 Å². The molecule has 0 saturated carbocycles. The Balaban J connectivity index is 0.000000335. The van der Waals surface area contributed by atoms with E-state index in [0.717, 1.165) is 11.1 Å². The Bertz CT molecular complexity index is 830. The molecule has 0 heterocycles. The largest absolute Gasteiger partial charge is 0.508 e. The Labute approximate surface area is 194 Å². The summed E-state index contributed by atoms with van der Waals surface area (Å²) in [7, 11) is 0. The molecule has 2 aromatic carbocycles. The van der Waals surface area contributed by atoms with E-state index in [9.17, 15) is 14.7 Å². The number of hydrogen-bond acceptors (Lipinski definition) is 7. The normalized spacial score (nSPS) is 12.4. The van der Waals surface area contributed by atoms with Crippen LogP contribution in [-0.2, 0) is 36.6 Å². The van der Waals surface area contributed by atoms with Crippen LogP contribution in [0.4, 0.5) is 0 Å². The maximum atomic E-state index is 11.8. The van der Waals surface area contributed by atoms with Gasteiger partial charge in [0, 0.05) is 26.1 Å². The van der Waals surface area contributed by atoms with Gasteiger partial charge in [0.1, 0.15) is 11.5 Å². The molecule has 0 aliphatic rings. The Morgan fingerprint density at radius 1 is 0.758 bits per heavy atom. The molecule has 0 radical (unpaired) electrons. The number of carbonyl (C=O) groups is 2. The maximum Gasteiger partial charge on any atom is 0.335 e. The zero-order valence-corrected chi connectivity index (χ0v) is 19.6. The molecule has 33 heavy (non-hydrogen) atoms. The second-order valence-electron chi connectivity index (χ2n) is 7.45. The van der Waals surface area contributed by atoms with E-state index < -0.39 is 18.2 Å². The van der Waals surface area contributed by atoms with Gasteiger partial charge in [0.2, 0.25) is 0 Å². The lowest BCUT2D eigenvalue weighted by molar-refractivity contribution is -0.160. The van der Waals surface area contributed by atoms with E-state index in [4.69, 9.17) is 24.4 Å². The van der Waals surface area contributed by atoms with Crippen LogP contribution in [0.25, 0.3) is 0 Å². The molecule has 8 heteroatoms. The molecule has 3 N–H and O–H groups in total. The van der Waals surface area contributed by atoms with E-state index in [0.29, 0.717) is 26.1 Å². The van der Waals surface area contributed by atoms with Crippen molar-refractivity contribution in [3.05, 3.63) is 59.7 Å². The van der Waals surface area contributed by atoms with E-state index >= 15 is 0 Å². The van der Waals surface area contributed by atoms with Crippen molar-refractivity contribution >= 4 is 11.9 Å². The lowest BCUT2D eigenvalue weighted by Crippen LogP contribution is -2.30. The van der Waals surface area contributed by atoms with Gasteiger partial charge in [0.15, 0.2) is 12.2 Å². The number of carboxylic acid groups (broad SMARTS) is 1. The first kappa shape index (κ1) is 27.9. The molecule has 0 bridgehead atoms. The fraction of sp³-hybridized carbons (Fsp3) is 0.440. The second-order valence-corrected chi connectivity index (χ2v) is 7.45. The molecule has 0 spiro atoms. The van der Waals surface area contributed by atoms with Crippen LogP contribution in [0, 0.1) is 0 Å². The van der Waals surface area contributed by atoms with E-state index in [-0.39, 0.29) is 23.6 Å². The molecule has 0 aliphatic carbocycles. The summed E-state index contributed by atoms with van der Waals surface area (Å²) in [6, 6.07) is 13.1. The zero-order chi connectivity index (χ0) is 24.8. The van der Waals surface area contributed by atoms with Crippen molar-refractivity contribution in [2.75, 3.05) is 13.2 Å². The van der Waals surface area contributed by atoms with Crippen LogP contribution in [0.1, 0.15) is 38.8 Å². The minimum absolute atomic E-state index is 0.153. The summed E-state index contributed by atoms with van der Waals surface area (Å²) in [5.74, 6) is -0.941. The first-order valence-electron chi connectivity index (χ1n) is 10.9. The number of benzene rings is 2. The van der Waals surface area contributed by atoms with Gasteiger partial charge in [-0.15, -0.1) is 0 Å². The number of esters is 1. The summed E-state index contributed by atoms with van der Waals surface area (Å²) in [4.78, 5) is 22.6. The number of ether oxygens (including phenoxy) is 3. The highest BCUT2D eigenvalue weighted by molar-refractivity contribution is 5.75. The van der Waals surface area contributed by atoms with Gasteiger partial charge in [0.25, 0.3) is 0 Å². The van der Waals surface area contributed by atoms with Crippen LogP contribution >= 0.6 is 0 Å². The standard InChI is InChI=1S/C14H20O4.C11H14O4/c1-4-17-13(14(16)18-10(2)3)9-11-5-7-12(15)8-6-11;1-2-15-10(11(13)14)7-8-3-5-9(12)6-4-8/h5-8,10,13,15H,4,9H2,1-3H3;3-6,10,12H,2,7H2,1H3,(H,13,14)/t13-;10-/m10/s1. The third-order valence-corrected chi connectivity index (χ3v) is 4.34. The molecule has 2 rings (SSSR count). The smallest absolute Gasteiger partial charge is 0.335 e. The highest BCUT2D eigenvalue weighted by Gasteiger charge is 2.22. The van der Waals surface area contributed by atoms with E-state index in [1.165, 1.54) is 12.1 Å². The molecular weight excluding hydrogens is 428 g/mol. The van der Waals surface area contributed by atoms with Crippen LogP contribution in [0.5, 0.6) is 11.5 Å². The van der Waals surface area contributed by atoms with E-state index in [1.807, 2.05) is 20.8 Å². The van der Waals surface area contributed by atoms with Crippen molar-refractivity contribution in [2.45, 2.75) is 58.8 Å². The second kappa shape index (κ2) is 14.9. The molecule has 0 amide bonds. The molecular formula is C25H34O8. The number of rotatable bonds is 11. The molecule has 0 aliphatic heterocycles. The van der Waals surface area contributed by atoms with Crippen LogP contribution in [0.2, 0.25) is 0 Å². The number of phenols is 2. The lowest BCUT2D eigenvalue weighted by Gasteiger charge is -2.17. The lowest BCUT2D eigenvalue weighted by atomic mass is 10.1. The molecule has 8 nitrogen and oxygen atoms in total. The molecule has 0 saturated heterocycles. The molecule has 182 valence electrons. The molecule has 0 fully saturated rings.